The number of carbonyl (C=O) groups is 1. The van der Waals surface area contributed by atoms with Gasteiger partial charge in [-0.05, 0) is 49.4 Å². The zero-order valence-corrected chi connectivity index (χ0v) is 15.8. The summed E-state index contributed by atoms with van der Waals surface area (Å²) in [6, 6.07) is 3.62. The van der Waals surface area contributed by atoms with E-state index in [1.165, 1.54) is 23.8 Å². The molecule has 1 aromatic heterocycles. The molecule has 0 saturated carbocycles. The second-order valence-corrected chi connectivity index (χ2v) is 8.71. The van der Waals surface area contributed by atoms with Crippen molar-refractivity contribution in [1.29, 1.82) is 0 Å². The van der Waals surface area contributed by atoms with Gasteiger partial charge in [-0.15, -0.1) is 11.3 Å². The van der Waals surface area contributed by atoms with Crippen molar-refractivity contribution in [3.63, 3.8) is 0 Å². The molecule has 2 aliphatic heterocycles. The number of aryl methyl sites for hydroxylation is 1. The molecular formula is C19H22F3N3OS. The van der Waals surface area contributed by atoms with Crippen molar-refractivity contribution < 1.29 is 18.0 Å². The number of halogens is 3. The van der Waals surface area contributed by atoms with Crippen molar-refractivity contribution in [2.45, 2.75) is 38.3 Å². The van der Waals surface area contributed by atoms with Crippen molar-refractivity contribution in [3.8, 4) is 0 Å². The van der Waals surface area contributed by atoms with E-state index in [2.05, 4.69) is 10.3 Å². The number of fused-ring (bicyclic) bond motifs is 1. The molecule has 0 aliphatic carbocycles. The summed E-state index contributed by atoms with van der Waals surface area (Å²) in [5, 5.41) is 4.13. The minimum absolute atomic E-state index is 0.117. The number of hydrogen-bond acceptors (Lipinski definition) is 4. The molecule has 4 rings (SSSR count). The Morgan fingerprint density at radius 1 is 1.26 bits per heavy atom. The summed E-state index contributed by atoms with van der Waals surface area (Å²) in [5.41, 5.74) is 0.0394. The van der Waals surface area contributed by atoms with Crippen LogP contribution in [0.3, 0.4) is 0 Å². The molecule has 0 atom stereocenters. The minimum Gasteiger partial charge on any atom is -0.343 e. The first kappa shape index (κ1) is 18.7. The first-order chi connectivity index (χ1) is 12.8. The molecule has 2 aromatic rings. The number of amides is 1. The number of benzene rings is 1. The van der Waals surface area contributed by atoms with Gasteiger partial charge in [-0.25, -0.2) is 4.98 Å². The highest BCUT2D eigenvalue weighted by atomic mass is 32.1. The number of nitrogens with zero attached hydrogens (tertiary/aromatic N) is 2. The van der Waals surface area contributed by atoms with E-state index in [9.17, 15) is 18.0 Å². The Kier molecular flexibility index (Phi) is 4.88. The summed E-state index contributed by atoms with van der Waals surface area (Å²) in [6.45, 7) is 3.73. The smallest absolute Gasteiger partial charge is 0.343 e. The molecule has 2 saturated heterocycles. The Balaban J connectivity index is 1.35. The minimum atomic E-state index is -4.37. The first-order valence-corrected chi connectivity index (χ1v) is 10.1. The van der Waals surface area contributed by atoms with Crippen molar-refractivity contribution in [1.82, 2.24) is 15.2 Å². The van der Waals surface area contributed by atoms with Gasteiger partial charge in [-0.2, -0.15) is 13.2 Å². The maximum absolute atomic E-state index is 12.8. The van der Waals surface area contributed by atoms with E-state index in [4.69, 9.17) is 0 Å². The van der Waals surface area contributed by atoms with Gasteiger partial charge in [0.25, 0.3) is 0 Å². The maximum atomic E-state index is 12.8. The summed E-state index contributed by atoms with van der Waals surface area (Å²) in [6.07, 6.45) is -0.241. The fourth-order valence-corrected chi connectivity index (χ4v) is 5.03. The van der Waals surface area contributed by atoms with Gasteiger partial charge in [-0.3, -0.25) is 4.79 Å². The molecule has 3 heterocycles. The highest BCUT2D eigenvalue weighted by Gasteiger charge is 2.38. The van der Waals surface area contributed by atoms with Crippen molar-refractivity contribution >= 4 is 27.5 Å². The highest BCUT2D eigenvalue weighted by molar-refractivity contribution is 7.18. The van der Waals surface area contributed by atoms with E-state index < -0.39 is 11.7 Å². The Labute approximate surface area is 159 Å². The quantitative estimate of drug-likeness (QED) is 0.856. The Bertz CT molecular complexity index is 832. The second kappa shape index (κ2) is 7.05. The van der Waals surface area contributed by atoms with Crippen LogP contribution < -0.4 is 5.32 Å². The van der Waals surface area contributed by atoms with E-state index in [-0.39, 0.29) is 5.91 Å². The number of likely N-dealkylation sites (tertiary alicyclic amines) is 1. The fourth-order valence-electron chi connectivity index (χ4n) is 4.08. The molecule has 146 valence electrons. The number of carbonyl (C=O) groups excluding carboxylic acids is 1. The fraction of sp³-hybridized carbons (Fsp3) is 0.579. The first-order valence-electron chi connectivity index (χ1n) is 9.30. The van der Waals surface area contributed by atoms with Crippen LogP contribution in [0.25, 0.3) is 10.2 Å². The van der Waals surface area contributed by atoms with Crippen LogP contribution in [-0.2, 0) is 17.4 Å². The van der Waals surface area contributed by atoms with E-state index in [1.807, 2.05) is 4.90 Å². The third kappa shape index (κ3) is 3.96. The van der Waals surface area contributed by atoms with Gasteiger partial charge in [0.05, 0.1) is 20.8 Å². The lowest BCUT2D eigenvalue weighted by atomic mass is 9.78. The van der Waals surface area contributed by atoms with Crippen LogP contribution in [0.2, 0.25) is 0 Å². The summed E-state index contributed by atoms with van der Waals surface area (Å²) in [7, 11) is 0. The molecule has 27 heavy (non-hydrogen) atoms. The number of hydrogen-bond donors (Lipinski definition) is 1. The average Bonchev–Trinajstić information content (AvgIpc) is 3.25. The van der Waals surface area contributed by atoms with Gasteiger partial charge in [0.15, 0.2) is 0 Å². The lowest BCUT2D eigenvalue weighted by Crippen LogP contribution is -2.44. The number of aromatic nitrogens is 1. The topological polar surface area (TPSA) is 45.2 Å². The van der Waals surface area contributed by atoms with Gasteiger partial charge in [-0.1, -0.05) is 0 Å². The Morgan fingerprint density at radius 3 is 2.70 bits per heavy atom. The van der Waals surface area contributed by atoms with Gasteiger partial charge < -0.3 is 10.2 Å². The van der Waals surface area contributed by atoms with Crippen molar-refractivity contribution in [2.75, 3.05) is 26.2 Å². The molecule has 1 amide bonds. The number of piperidine rings is 1. The molecule has 1 N–H and O–H groups in total. The number of thiazole rings is 1. The lowest BCUT2D eigenvalue weighted by molar-refractivity contribution is -0.137. The van der Waals surface area contributed by atoms with Gasteiger partial charge >= 0.3 is 6.18 Å². The highest BCUT2D eigenvalue weighted by Crippen LogP contribution is 2.37. The van der Waals surface area contributed by atoms with E-state index in [0.29, 0.717) is 28.8 Å². The van der Waals surface area contributed by atoms with Crippen LogP contribution in [-0.4, -0.2) is 42.0 Å². The largest absolute Gasteiger partial charge is 0.416 e. The van der Waals surface area contributed by atoms with E-state index >= 15 is 0 Å². The summed E-state index contributed by atoms with van der Waals surface area (Å²) < 4.78 is 39.2. The molecule has 1 spiro atoms. The molecule has 8 heteroatoms. The summed E-state index contributed by atoms with van der Waals surface area (Å²) >= 11 is 1.36. The molecule has 0 bridgehead atoms. The second-order valence-electron chi connectivity index (χ2n) is 7.60. The zero-order chi connectivity index (χ0) is 19.1. The van der Waals surface area contributed by atoms with Crippen molar-refractivity contribution in [3.05, 3.63) is 28.8 Å². The Hall–Kier alpha value is -1.67. The van der Waals surface area contributed by atoms with Crippen molar-refractivity contribution in [2.24, 2.45) is 5.41 Å². The normalized spacial score (nSPS) is 19.9. The third-order valence-electron chi connectivity index (χ3n) is 5.82. The molecule has 2 aliphatic rings. The van der Waals surface area contributed by atoms with Crippen LogP contribution in [0.15, 0.2) is 18.2 Å². The third-order valence-corrected chi connectivity index (χ3v) is 6.92. The molecule has 0 unspecified atom stereocenters. The van der Waals surface area contributed by atoms with Gasteiger partial charge in [0.1, 0.15) is 0 Å². The zero-order valence-electron chi connectivity index (χ0n) is 14.9. The average molecular weight is 397 g/mol. The molecule has 2 fully saturated rings. The molecule has 0 radical (unpaired) electrons. The SMILES string of the molecule is O=C(CCc1nc2cc(C(F)(F)F)ccc2s1)N1CCC2(CCNC2)CC1. The van der Waals surface area contributed by atoms with Crippen LogP contribution >= 0.6 is 11.3 Å². The predicted molar refractivity (Wildman–Crippen MR) is 98.7 cm³/mol. The standard InChI is InChI=1S/C19H22F3N3OS/c20-19(21,22)13-1-2-15-14(11-13)24-16(27-15)3-4-17(26)25-9-6-18(7-10-25)5-8-23-12-18/h1-2,11,23H,3-10,12H2. The molecule has 4 nitrogen and oxygen atoms in total. The number of rotatable bonds is 3. The summed E-state index contributed by atoms with van der Waals surface area (Å²) in [5.74, 6) is 0.117. The van der Waals surface area contributed by atoms with Crippen LogP contribution in [0.4, 0.5) is 13.2 Å². The predicted octanol–water partition coefficient (Wildman–Crippen LogP) is 3.85. The number of nitrogens with one attached hydrogen (secondary N) is 1. The van der Waals surface area contributed by atoms with Crippen LogP contribution in [0.1, 0.15) is 36.3 Å². The van der Waals surface area contributed by atoms with Crippen LogP contribution in [0, 0.1) is 5.41 Å². The summed E-state index contributed by atoms with van der Waals surface area (Å²) in [4.78, 5) is 18.7. The maximum Gasteiger partial charge on any atom is 0.416 e. The lowest BCUT2D eigenvalue weighted by Gasteiger charge is -2.38. The molecular weight excluding hydrogens is 375 g/mol. The van der Waals surface area contributed by atoms with Gasteiger partial charge in [0.2, 0.25) is 5.91 Å². The molecule has 1 aromatic carbocycles. The number of alkyl halides is 3. The monoisotopic (exact) mass is 397 g/mol. The Morgan fingerprint density at radius 2 is 2.04 bits per heavy atom. The van der Waals surface area contributed by atoms with E-state index in [0.717, 1.165) is 55.9 Å². The van der Waals surface area contributed by atoms with E-state index in [1.54, 1.807) is 0 Å². The van der Waals surface area contributed by atoms with Gasteiger partial charge in [0, 0.05) is 32.5 Å². The van der Waals surface area contributed by atoms with Crippen LogP contribution in [0.5, 0.6) is 0 Å².